The second-order valence-corrected chi connectivity index (χ2v) is 9.15. The largest absolute Gasteiger partial charge is 0.485 e. The van der Waals surface area contributed by atoms with Crippen molar-refractivity contribution in [2.24, 2.45) is 0 Å². The molecule has 2 aromatic carbocycles. The minimum Gasteiger partial charge on any atom is -0.485 e. The maximum Gasteiger partial charge on any atom is 0.341 e. The van der Waals surface area contributed by atoms with E-state index in [1.807, 2.05) is 6.07 Å². The Morgan fingerprint density at radius 1 is 1.18 bits per heavy atom. The molecule has 4 rings (SSSR count). The zero-order valence-corrected chi connectivity index (χ0v) is 17.0. The third kappa shape index (κ3) is 3.61. The molecule has 0 spiro atoms. The lowest BCUT2D eigenvalue weighted by molar-refractivity contribution is -0.139. The highest BCUT2D eigenvalue weighted by Gasteiger charge is 2.48. The quantitative estimate of drug-likeness (QED) is 0.648. The van der Waals surface area contributed by atoms with Crippen LogP contribution < -0.4 is 9.47 Å². The maximum absolute atomic E-state index is 12.7. The fraction of sp³-hybridized carbons (Fsp3) is 0.316. The molecule has 1 aliphatic heterocycles. The number of rotatable bonds is 6. The molecule has 1 saturated carbocycles. The van der Waals surface area contributed by atoms with E-state index < -0.39 is 28.8 Å². The van der Waals surface area contributed by atoms with Crippen LogP contribution in [0.3, 0.4) is 0 Å². The number of fused-ring (bicyclic) bond motifs is 3. The summed E-state index contributed by atoms with van der Waals surface area (Å²) in [6, 6.07) is 11.5. The fourth-order valence-electron chi connectivity index (χ4n) is 3.71. The third-order valence-corrected chi connectivity index (χ3v) is 6.76. The van der Waals surface area contributed by atoms with Crippen LogP contribution in [-0.4, -0.2) is 38.3 Å². The Hall–Kier alpha value is -2.10. The van der Waals surface area contributed by atoms with Crippen LogP contribution in [0.15, 0.2) is 51.8 Å². The monoisotopic (exact) mass is 468 g/mol. The lowest BCUT2D eigenvalue weighted by atomic mass is 9.95. The Morgan fingerprint density at radius 3 is 2.64 bits per heavy atom. The zero-order valence-electron chi connectivity index (χ0n) is 14.6. The van der Waals surface area contributed by atoms with E-state index in [2.05, 4.69) is 15.9 Å². The first-order chi connectivity index (χ1) is 13.3. The second kappa shape index (κ2) is 7.38. The lowest BCUT2D eigenvalue weighted by Crippen LogP contribution is -2.24. The normalized spacial score (nSPS) is 23.0. The van der Waals surface area contributed by atoms with Gasteiger partial charge in [-0.25, -0.2) is 4.79 Å². The molecule has 2 aliphatic rings. The molecule has 0 amide bonds. The summed E-state index contributed by atoms with van der Waals surface area (Å²) in [5, 5.41) is 8.82. The van der Waals surface area contributed by atoms with Gasteiger partial charge in [-0.05, 0) is 43.2 Å². The van der Waals surface area contributed by atoms with Crippen LogP contribution in [0.4, 0.5) is 0 Å². The van der Waals surface area contributed by atoms with Gasteiger partial charge in [0, 0.05) is 10.0 Å². The van der Waals surface area contributed by atoms with Crippen molar-refractivity contribution < 1.29 is 32.0 Å². The zero-order chi connectivity index (χ0) is 19.9. The van der Waals surface area contributed by atoms with Crippen LogP contribution in [0.25, 0.3) is 0 Å². The molecular formula is C19H17BrO7S. The summed E-state index contributed by atoms with van der Waals surface area (Å²) in [6.07, 6.45) is 0.396. The van der Waals surface area contributed by atoms with E-state index in [4.69, 9.17) is 18.8 Å². The molecule has 3 unspecified atom stereocenters. The average Bonchev–Trinajstić information content (AvgIpc) is 3.20. The van der Waals surface area contributed by atoms with Crippen molar-refractivity contribution in [3.8, 4) is 11.5 Å². The van der Waals surface area contributed by atoms with Crippen molar-refractivity contribution in [3.63, 3.8) is 0 Å². The van der Waals surface area contributed by atoms with Crippen molar-refractivity contribution in [3.05, 3.63) is 52.5 Å². The summed E-state index contributed by atoms with van der Waals surface area (Å²) in [4.78, 5) is 10.9. The topological polar surface area (TPSA) is 99.1 Å². The number of hydrogen-bond donors (Lipinski definition) is 1. The maximum atomic E-state index is 12.7. The van der Waals surface area contributed by atoms with E-state index in [1.54, 1.807) is 24.3 Å². The molecule has 0 radical (unpaired) electrons. The summed E-state index contributed by atoms with van der Waals surface area (Å²) in [7, 11) is -3.92. The number of hydrogen-bond acceptors (Lipinski definition) is 6. The summed E-state index contributed by atoms with van der Waals surface area (Å²) >= 11 is 3.28. The number of aliphatic carboxylic acids is 1. The minimum atomic E-state index is -3.92. The first-order valence-electron chi connectivity index (χ1n) is 8.68. The first-order valence-corrected chi connectivity index (χ1v) is 10.9. The van der Waals surface area contributed by atoms with Crippen molar-refractivity contribution in [2.45, 2.75) is 35.9 Å². The molecule has 9 heteroatoms. The number of ether oxygens (including phenoxy) is 2. The molecule has 0 aromatic heterocycles. The van der Waals surface area contributed by atoms with E-state index in [9.17, 15) is 13.2 Å². The summed E-state index contributed by atoms with van der Waals surface area (Å²) < 4.78 is 43.0. The molecule has 2 aromatic rings. The number of carboxylic acid groups (broad SMARTS) is 1. The molecule has 28 heavy (non-hydrogen) atoms. The van der Waals surface area contributed by atoms with Crippen molar-refractivity contribution in [2.75, 3.05) is 6.61 Å². The van der Waals surface area contributed by atoms with Gasteiger partial charge in [-0.1, -0.05) is 28.1 Å². The van der Waals surface area contributed by atoms with Gasteiger partial charge in [0.2, 0.25) is 0 Å². The molecule has 1 N–H and O–H groups in total. The average molecular weight is 469 g/mol. The second-order valence-electron chi connectivity index (χ2n) is 6.66. The van der Waals surface area contributed by atoms with Gasteiger partial charge in [-0.15, -0.1) is 0 Å². The molecule has 0 bridgehead atoms. The van der Waals surface area contributed by atoms with E-state index in [1.165, 1.54) is 12.1 Å². The van der Waals surface area contributed by atoms with Crippen LogP contribution in [0.5, 0.6) is 11.5 Å². The number of benzene rings is 2. The highest BCUT2D eigenvalue weighted by atomic mass is 79.9. The van der Waals surface area contributed by atoms with E-state index in [0.717, 1.165) is 10.0 Å². The van der Waals surface area contributed by atoms with Gasteiger partial charge in [0.15, 0.2) is 18.1 Å². The Morgan fingerprint density at radius 2 is 1.93 bits per heavy atom. The van der Waals surface area contributed by atoms with E-state index in [0.29, 0.717) is 24.3 Å². The number of halogens is 1. The summed E-state index contributed by atoms with van der Waals surface area (Å²) in [5.74, 6) is -0.539. The van der Waals surface area contributed by atoms with Gasteiger partial charge >= 0.3 is 5.97 Å². The van der Waals surface area contributed by atoms with E-state index in [-0.39, 0.29) is 16.9 Å². The van der Waals surface area contributed by atoms with Gasteiger partial charge in [0.25, 0.3) is 10.1 Å². The molecule has 1 fully saturated rings. The highest BCUT2D eigenvalue weighted by molar-refractivity contribution is 9.10. The van der Waals surface area contributed by atoms with E-state index >= 15 is 0 Å². The lowest BCUT2D eigenvalue weighted by Gasteiger charge is -2.18. The Bertz CT molecular complexity index is 1000. The SMILES string of the molecule is O=C(O)COc1cccc2c1OC1CCC(OS(=O)(=O)c3ccc(Br)cc3)C21. The van der Waals surface area contributed by atoms with Crippen LogP contribution in [0.2, 0.25) is 0 Å². The van der Waals surface area contributed by atoms with Crippen LogP contribution in [-0.2, 0) is 19.1 Å². The third-order valence-electron chi connectivity index (χ3n) is 4.88. The molecule has 148 valence electrons. The fourth-order valence-corrected chi connectivity index (χ4v) is 5.10. The molecule has 1 heterocycles. The Balaban J connectivity index is 1.58. The van der Waals surface area contributed by atoms with Gasteiger partial charge in [-0.3, -0.25) is 4.18 Å². The summed E-state index contributed by atoms with van der Waals surface area (Å²) in [6.45, 7) is -0.479. The van der Waals surface area contributed by atoms with Crippen molar-refractivity contribution in [1.82, 2.24) is 0 Å². The number of carboxylic acids is 1. The minimum absolute atomic E-state index is 0.0943. The van der Waals surface area contributed by atoms with Gasteiger partial charge in [0.1, 0.15) is 6.10 Å². The van der Waals surface area contributed by atoms with Crippen LogP contribution in [0, 0.1) is 0 Å². The number of para-hydroxylation sites is 1. The van der Waals surface area contributed by atoms with Crippen molar-refractivity contribution >= 4 is 32.0 Å². The highest BCUT2D eigenvalue weighted by Crippen LogP contribution is 2.52. The summed E-state index contributed by atoms with van der Waals surface area (Å²) in [5.41, 5.74) is 0.779. The molecule has 1 aliphatic carbocycles. The standard InChI is InChI=1S/C19H17BrO7S/c20-11-4-6-12(7-5-11)28(23,24)27-15-9-8-14-18(15)13-2-1-3-16(19(13)26-14)25-10-17(21)22/h1-7,14-15,18H,8-10H2,(H,21,22). The van der Waals surface area contributed by atoms with Crippen LogP contribution in [0.1, 0.15) is 24.3 Å². The first kappa shape index (κ1) is 19.2. The predicted molar refractivity (Wildman–Crippen MR) is 102 cm³/mol. The number of carbonyl (C=O) groups is 1. The van der Waals surface area contributed by atoms with Gasteiger partial charge in [-0.2, -0.15) is 8.42 Å². The molecule has 3 atom stereocenters. The molecule has 7 nitrogen and oxygen atoms in total. The Labute approximate surface area is 170 Å². The van der Waals surface area contributed by atoms with Crippen molar-refractivity contribution in [1.29, 1.82) is 0 Å². The predicted octanol–water partition coefficient (Wildman–Crippen LogP) is 3.33. The smallest absolute Gasteiger partial charge is 0.341 e. The van der Waals surface area contributed by atoms with Gasteiger partial charge in [0.05, 0.1) is 16.9 Å². The van der Waals surface area contributed by atoms with Gasteiger partial charge < -0.3 is 14.6 Å². The molecular weight excluding hydrogens is 452 g/mol. The molecule has 0 saturated heterocycles. The van der Waals surface area contributed by atoms with Crippen LogP contribution >= 0.6 is 15.9 Å². The Kier molecular flexibility index (Phi) is 5.07.